The van der Waals surface area contributed by atoms with Gasteiger partial charge in [-0.15, -0.1) is 0 Å². The third-order valence-corrected chi connectivity index (χ3v) is 3.07. The maximum atomic E-state index is 11.7. The van der Waals surface area contributed by atoms with Gasteiger partial charge in [0.05, 0.1) is 0 Å². The van der Waals surface area contributed by atoms with Crippen molar-refractivity contribution in [3.63, 3.8) is 0 Å². The van der Waals surface area contributed by atoms with Gasteiger partial charge in [0.25, 0.3) is 0 Å². The van der Waals surface area contributed by atoms with Gasteiger partial charge in [0.1, 0.15) is 0 Å². The van der Waals surface area contributed by atoms with E-state index in [0.717, 1.165) is 13.0 Å². The smallest absolute Gasteiger partial charge is 0.225 e. The van der Waals surface area contributed by atoms with Crippen LogP contribution in [0.15, 0.2) is 18.2 Å². The Labute approximate surface area is 124 Å². The average molecular weight is 303 g/mol. The lowest BCUT2D eigenvalue weighted by Crippen LogP contribution is -2.22. The number of unbranched alkanes of at least 4 members (excludes halogenated alkanes) is 2. The summed E-state index contributed by atoms with van der Waals surface area (Å²) in [6, 6.07) is 4.99. The quantitative estimate of drug-likeness (QED) is 0.710. The van der Waals surface area contributed by atoms with Crippen molar-refractivity contribution in [1.82, 2.24) is 5.32 Å². The maximum absolute atomic E-state index is 11.7. The summed E-state index contributed by atoms with van der Waals surface area (Å²) in [7, 11) is 0. The summed E-state index contributed by atoms with van der Waals surface area (Å²) in [6.45, 7) is 3.82. The van der Waals surface area contributed by atoms with Crippen molar-refractivity contribution in [2.45, 2.75) is 32.6 Å². The number of hydrogen-bond donors (Lipinski definition) is 2. The first-order valence-electron chi connectivity index (χ1n) is 6.58. The average Bonchev–Trinajstić information content (AvgIpc) is 2.32. The molecule has 0 saturated carbocycles. The molecule has 0 fully saturated rings. The molecule has 0 unspecified atom stereocenters. The number of hydrogen-bond acceptors (Lipinski definition) is 2. The molecule has 0 aliphatic rings. The van der Waals surface area contributed by atoms with E-state index in [9.17, 15) is 4.79 Å². The normalized spacial score (nSPS) is 10.5. The number of anilines is 1. The fourth-order valence-corrected chi connectivity index (χ4v) is 2.20. The highest BCUT2D eigenvalue weighted by molar-refractivity contribution is 6.35. The van der Waals surface area contributed by atoms with E-state index in [2.05, 4.69) is 17.6 Å². The van der Waals surface area contributed by atoms with E-state index in [1.54, 1.807) is 18.2 Å². The molecule has 0 saturated heterocycles. The standard InChI is InChI=1S/C14H20Cl2N2O/c1-2-3-4-6-17-7-5-14(19)18-13-9-11(15)8-12(16)10-13/h8-10,17H,2-7H2,1H3,(H,18,19). The summed E-state index contributed by atoms with van der Waals surface area (Å²) >= 11 is 11.7. The highest BCUT2D eigenvalue weighted by Gasteiger charge is 2.03. The molecule has 106 valence electrons. The van der Waals surface area contributed by atoms with Crippen molar-refractivity contribution in [1.29, 1.82) is 0 Å². The van der Waals surface area contributed by atoms with Crippen LogP contribution in [0.1, 0.15) is 32.6 Å². The Morgan fingerprint density at radius 1 is 1.11 bits per heavy atom. The van der Waals surface area contributed by atoms with Gasteiger partial charge in [-0.1, -0.05) is 43.0 Å². The zero-order valence-electron chi connectivity index (χ0n) is 11.1. The molecule has 1 rings (SSSR count). The van der Waals surface area contributed by atoms with Crippen LogP contribution in [0, 0.1) is 0 Å². The van der Waals surface area contributed by atoms with Gasteiger partial charge in [-0.05, 0) is 31.2 Å². The van der Waals surface area contributed by atoms with E-state index in [1.807, 2.05) is 0 Å². The number of amides is 1. The van der Waals surface area contributed by atoms with Crippen LogP contribution in [0.4, 0.5) is 5.69 Å². The minimum Gasteiger partial charge on any atom is -0.326 e. The second-order valence-corrected chi connectivity index (χ2v) is 5.29. The summed E-state index contributed by atoms with van der Waals surface area (Å²) in [5, 5.41) is 7.05. The van der Waals surface area contributed by atoms with Gasteiger partial charge < -0.3 is 10.6 Å². The number of nitrogens with one attached hydrogen (secondary N) is 2. The zero-order chi connectivity index (χ0) is 14.1. The second-order valence-electron chi connectivity index (χ2n) is 4.41. The minimum atomic E-state index is -0.0404. The van der Waals surface area contributed by atoms with Gasteiger partial charge in [0.15, 0.2) is 0 Å². The molecule has 2 N–H and O–H groups in total. The monoisotopic (exact) mass is 302 g/mol. The largest absolute Gasteiger partial charge is 0.326 e. The molecule has 0 radical (unpaired) electrons. The predicted octanol–water partition coefficient (Wildman–Crippen LogP) is 4.10. The van der Waals surface area contributed by atoms with Crippen molar-refractivity contribution in [3.05, 3.63) is 28.2 Å². The van der Waals surface area contributed by atoms with Crippen molar-refractivity contribution in [2.75, 3.05) is 18.4 Å². The Kier molecular flexibility index (Phi) is 7.87. The van der Waals surface area contributed by atoms with Crippen LogP contribution in [0.5, 0.6) is 0 Å². The number of carbonyl (C=O) groups excluding carboxylic acids is 1. The summed E-state index contributed by atoms with van der Waals surface area (Å²) in [5.74, 6) is -0.0404. The van der Waals surface area contributed by atoms with Crippen LogP contribution in [0.25, 0.3) is 0 Å². The van der Waals surface area contributed by atoms with E-state index in [-0.39, 0.29) is 5.91 Å². The van der Waals surface area contributed by atoms with E-state index in [1.165, 1.54) is 12.8 Å². The Morgan fingerprint density at radius 2 is 1.79 bits per heavy atom. The summed E-state index contributed by atoms with van der Waals surface area (Å²) < 4.78 is 0. The maximum Gasteiger partial charge on any atom is 0.225 e. The highest BCUT2D eigenvalue weighted by Crippen LogP contribution is 2.22. The topological polar surface area (TPSA) is 41.1 Å². The van der Waals surface area contributed by atoms with Crippen molar-refractivity contribution < 1.29 is 4.79 Å². The van der Waals surface area contributed by atoms with Gasteiger partial charge in [-0.25, -0.2) is 0 Å². The molecule has 5 heteroatoms. The lowest BCUT2D eigenvalue weighted by atomic mass is 10.2. The number of carbonyl (C=O) groups is 1. The zero-order valence-corrected chi connectivity index (χ0v) is 12.7. The molecule has 0 atom stereocenters. The van der Waals surface area contributed by atoms with Gasteiger partial charge >= 0.3 is 0 Å². The van der Waals surface area contributed by atoms with Crippen LogP contribution in [0.3, 0.4) is 0 Å². The first kappa shape index (κ1) is 16.3. The van der Waals surface area contributed by atoms with Gasteiger partial charge in [0.2, 0.25) is 5.91 Å². The summed E-state index contributed by atoms with van der Waals surface area (Å²) in [6.07, 6.45) is 4.02. The first-order chi connectivity index (χ1) is 9.11. The minimum absolute atomic E-state index is 0.0404. The molecule has 1 amide bonds. The fourth-order valence-electron chi connectivity index (χ4n) is 1.68. The Morgan fingerprint density at radius 3 is 2.42 bits per heavy atom. The fraction of sp³-hybridized carbons (Fsp3) is 0.500. The van der Waals surface area contributed by atoms with Gasteiger partial charge in [-0.3, -0.25) is 4.79 Å². The van der Waals surface area contributed by atoms with Crippen LogP contribution < -0.4 is 10.6 Å². The molecular weight excluding hydrogens is 283 g/mol. The highest BCUT2D eigenvalue weighted by atomic mass is 35.5. The summed E-state index contributed by atoms with van der Waals surface area (Å²) in [5.41, 5.74) is 0.633. The number of rotatable bonds is 8. The Hall–Kier alpha value is -0.770. The Bertz CT molecular complexity index is 390. The lowest BCUT2D eigenvalue weighted by molar-refractivity contribution is -0.116. The predicted molar refractivity (Wildman–Crippen MR) is 82.1 cm³/mol. The molecule has 0 bridgehead atoms. The van der Waals surface area contributed by atoms with Crippen molar-refractivity contribution in [3.8, 4) is 0 Å². The summed E-state index contributed by atoms with van der Waals surface area (Å²) in [4.78, 5) is 11.7. The van der Waals surface area contributed by atoms with E-state index >= 15 is 0 Å². The van der Waals surface area contributed by atoms with Crippen LogP contribution >= 0.6 is 23.2 Å². The SMILES string of the molecule is CCCCCNCCC(=O)Nc1cc(Cl)cc(Cl)c1. The van der Waals surface area contributed by atoms with Gasteiger partial charge in [0, 0.05) is 28.7 Å². The number of halogens is 2. The van der Waals surface area contributed by atoms with E-state index < -0.39 is 0 Å². The molecule has 0 spiro atoms. The van der Waals surface area contributed by atoms with E-state index in [0.29, 0.717) is 28.7 Å². The van der Waals surface area contributed by atoms with Crippen molar-refractivity contribution in [2.24, 2.45) is 0 Å². The number of benzene rings is 1. The van der Waals surface area contributed by atoms with Crippen LogP contribution in [-0.2, 0) is 4.79 Å². The van der Waals surface area contributed by atoms with Crippen LogP contribution in [0.2, 0.25) is 10.0 Å². The van der Waals surface area contributed by atoms with Crippen molar-refractivity contribution >= 4 is 34.8 Å². The third-order valence-electron chi connectivity index (χ3n) is 2.63. The molecule has 0 aliphatic heterocycles. The second kappa shape index (κ2) is 9.18. The van der Waals surface area contributed by atoms with Crippen LogP contribution in [-0.4, -0.2) is 19.0 Å². The van der Waals surface area contributed by atoms with Gasteiger partial charge in [-0.2, -0.15) is 0 Å². The Balaban J connectivity index is 2.23. The molecular formula is C14H20Cl2N2O. The molecule has 1 aromatic carbocycles. The molecule has 0 heterocycles. The molecule has 0 aromatic heterocycles. The molecule has 19 heavy (non-hydrogen) atoms. The first-order valence-corrected chi connectivity index (χ1v) is 7.34. The molecule has 3 nitrogen and oxygen atoms in total. The lowest BCUT2D eigenvalue weighted by Gasteiger charge is -2.07. The third kappa shape index (κ3) is 7.41. The van der Waals surface area contributed by atoms with E-state index in [4.69, 9.17) is 23.2 Å². The molecule has 0 aliphatic carbocycles. The molecule has 1 aromatic rings.